The predicted molar refractivity (Wildman–Crippen MR) is 75.6 cm³/mol. The SMILES string of the molecule is COCC1CCCN(C(CC#N)c2ccccc2)C1. The highest BCUT2D eigenvalue weighted by Crippen LogP contribution is 2.29. The molecule has 1 aliphatic heterocycles. The van der Waals surface area contributed by atoms with Crippen molar-refractivity contribution in [3.05, 3.63) is 35.9 Å². The Hall–Kier alpha value is -1.37. The fourth-order valence-corrected chi connectivity index (χ4v) is 2.97. The van der Waals surface area contributed by atoms with Gasteiger partial charge in [0.25, 0.3) is 0 Å². The summed E-state index contributed by atoms with van der Waals surface area (Å²) in [5.74, 6) is 0.601. The Morgan fingerprint density at radius 2 is 2.21 bits per heavy atom. The maximum atomic E-state index is 9.10. The van der Waals surface area contributed by atoms with Crippen LogP contribution < -0.4 is 0 Å². The molecule has 102 valence electrons. The van der Waals surface area contributed by atoms with Gasteiger partial charge in [0.1, 0.15) is 0 Å². The van der Waals surface area contributed by atoms with Crippen molar-refractivity contribution < 1.29 is 4.74 Å². The van der Waals surface area contributed by atoms with Gasteiger partial charge >= 0.3 is 0 Å². The molecule has 1 heterocycles. The first-order valence-corrected chi connectivity index (χ1v) is 7.00. The third kappa shape index (κ3) is 3.79. The first-order valence-electron chi connectivity index (χ1n) is 7.00. The van der Waals surface area contributed by atoms with E-state index >= 15 is 0 Å². The number of likely N-dealkylation sites (tertiary alicyclic amines) is 1. The second-order valence-corrected chi connectivity index (χ2v) is 5.25. The first kappa shape index (κ1) is 14.0. The number of ether oxygens (including phenoxy) is 1. The molecule has 0 N–H and O–H groups in total. The molecule has 1 aromatic rings. The predicted octanol–water partition coefficient (Wildman–Crippen LogP) is 3.00. The lowest BCUT2D eigenvalue weighted by Crippen LogP contribution is -2.39. The minimum atomic E-state index is 0.228. The van der Waals surface area contributed by atoms with Gasteiger partial charge in [-0.05, 0) is 30.9 Å². The van der Waals surface area contributed by atoms with Crippen molar-refractivity contribution in [2.45, 2.75) is 25.3 Å². The molecule has 1 aromatic carbocycles. The molecule has 1 fully saturated rings. The first-order chi connectivity index (χ1) is 9.35. The molecule has 19 heavy (non-hydrogen) atoms. The van der Waals surface area contributed by atoms with Gasteiger partial charge in [-0.15, -0.1) is 0 Å². The average molecular weight is 258 g/mol. The maximum absolute atomic E-state index is 9.10. The van der Waals surface area contributed by atoms with E-state index in [2.05, 4.69) is 35.2 Å². The average Bonchev–Trinajstić information content (AvgIpc) is 2.46. The Labute approximate surface area is 115 Å². The molecule has 0 spiro atoms. The van der Waals surface area contributed by atoms with Crippen LogP contribution in [0.4, 0.5) is 0 Å². The Kier molecular flexibility index (Phi) is 5.38. The van der Waals surface area contributed by atoms with Gasteiger partial charge in [-0.2, -0.15) is 5.26 Å². The largest absolute Gasteiger partial charge is 0.384 e. The van der Waals surface area contributed by atoms with Crippen LogP contribution in [-0.2, 0) is 4.74 Å². The van der Waals surface area contributed by atoms with E-state index in [1.54, 1.807) is 7.11 Å². The third-order valence-electron chi connectivity index (χ3n) is 3.86. The molecule has 0 aliphatic carbocycles. The molecule has 0 amide bonds. The zero-order chi connectivity index (χ0) is 13.5. The summed E-state index contributed by atoms with van der Waals surface area (Å²) in [5, 5.41) is 9.10. The minimum Gasteiger partial charge on any atom is -0.384 e. The quantitative estimate of drug-likeness (QED) is 0.814. The van der Waals surface area contributed by atoms with E-state index in [1.807, 2.05) is 6.07 Å². The zero-order valence-corrected chi connectivity index (χ0v) is 11.6. The Balaban J connectivity index is 2.09. The fraction of sp³-hybridized carbons (Fsp3) is 0.562. The summed E-state index contributed by atoms with van der Waals surface area (Å²) in [4.78, 5) is 2.45. The molecule has 2 atom stereocenters. The number of methoxy groups -OCH3 is 1. The molecule has 1 aliphatic rings. The summed E-state index contributed by atoms with van der Waals surface area (Å²) >= 11 is 0. The van der Waals surface area contributed by atoms with Crippen molar-refractivity contribution in [2.24, 2.45) is 5.92 Å². The van der Waals surface area contributed by atoms with Gasteiger partial charge in [0.2, 0.25) is 0 Å². The summed E-state index contributed by atoms with van der Waals surface area (Å²) in [6.45, 7) is 2.95. The molecular formula is C16H22N2O. The van der Waals surface area contributed by atoms with E-state index in [0.29, 0.717) is 12.3 Å². The smallest absolute Gasteiger partial charge is 0.0641 e. The number of nitriles is 1. The van der Waals surface area contributed by atoms with Gasteiger partial charge in [0, 0.05) is 19.7 Å². The minimum absolute atomic E-state index is 0.228. The van der Waals surface area contributed by atoms with E-state index in [1.165, 1.54) is 18.4 Å². The standard InChI is InChI=1S/C16H22N2O/c1-19-13-14-6-5-11-18(12-14)16(9-10-17)15-7-3-2-4-8-15/h2-4,7-8,14,16H,5-6,9,11-13H2,1H3. The van der Waals surface area contributed by atoms with E-state index in [9.17, 15) is 0 Å². The van der Waals surface area contributed by atoms with Crippen LogP contribution in [0.15, 0.2) is 30.3 Å². The second-order valence-electron chi connectivity index (χ2n) is 5.25. The lowest BCUT2D eigenvalue weighted by Gasteiger charge is -2.37. The second kappa shape index (κ2) is 7.28. The molecule has 0 aromatic heterocycles. The van der Waals surface area contributed by atoms with E-state index in [4.69, 9.17) is 10.00 Å². The van der Waals surface area contributed by atoms with Crippen molar-refractivity contribution in [1.29, 1.82) is 5.26 Å². The Bertz CT molecular complexity index is 411. The summed E-state index contributed by atoms with van der Waals surface area (Å²) in [6.07, 6.45) is 2.99. The number of rotatable bonds is 5. The van der Waals surface area contributed by atoms with Crippen LogP contribution in [0.2, 0.25) is 0 Å². The van der Waals surface area contributed by atoms with Crippen molar-refractivity contribution in [1.82, 2.24) is 4.90 Å². The van der Waals surface area contributed by atoms with Gasteiger partial charge < -0.3 is 4.74 Å². The van der Waals surface area contributed by atoms with Crippen LogP contribution in [0.5, 0.6) is 0 Å². The monoisotopic (exact) mass is 258 g/mol. The summed E-state index contributed by atoms with van der Waals surface area (Å²) in [6, 6.07) is 12.9. The number of piperidine rings is 1. The van der Waals surface area contributed by atoms with Gasteiger partial charge in [0.15, 0.2) is 0 Å². The van der Waals surface area contributed by atoms with Crippen LogP contribution >= 0.6 is 0 Å². The Morgan fingerprint density at radius 3 is 2.89 bits per heavy atom. The van der Waals surface area contributed by atoms with Gasteiger partial charge in [-0.3, -0.25) is 4.90 Å². The molecule has 0 bridgehead atoms. The normalized spacial score (nSPS) is 21.8. The fourth-order valence-electron chi connectivity index (χ4n) is 2.97. The highest BCUT2D eigenvalue weighted by Gasteiger charge is 2.26. The lowest BCUT2D eigenvalue weighted by atomic mass is 9.94. The summed E-state index contributed by atoms with van der Waals surface area (Å²) < 4.78 is 5.28. The molecule has 0 radical (unpaired) electrons. The number of benzene rings is 1. The molecule has 2 unspecified atom stereocenters. The highest BCUT2D eigenvalue weighted by atomic mass is 16.5. The van der Waals surface area contributed by atoms with E-state index in [-0.39, 0.29) is 6.04 Å². The van der Waals surface area contributed by atoms with Crippen molar-refractivity contribution >= 4 is 0 Å². The molecular weight excluding hydrogens is 236 g/mol. The van der Waals surface area contributed by atoms with Crippen LogP contribution in [-0.4, -0.2) is 31.7 Å². The van der Waals surface area contributed by atoms with Crippen molar-refractivity contribution in [3.8, 4) is 6.07 Å². The number of hydrogen-bond donors (Lipinski definition) is 0. The van der Waals surface area contributed by atoms with Crippen molar-refractivity contribution in [2.75, 3.05) is 26.8 Å². The van der Waals surface area contributed by atoms with Crippen LogP contribution in [0.3, 0.4) is 0 Å². The molecule has 0 saturated carbocycles. The topological polar surface area (TPSA) is 36.3 Å². The van der Waals surface area contributed by atoms with E-state index in [0.717, 1.165) is 19.7 Å². The van der Waals surface area contributed by atoms with Gasteiger partial charge in [0.05, 0.1) is 19.1 Å². The summed E-state index contributed by atoms with van der Waals surface area (Å²) in [5.41, 5.74) is 1.25. The van der Waals surface area contributed by atoms with Crippen LogP contribution in [0, 0.1) is 17.2 Å². The van der Waals surface area contributed by atoms with Gasteiger partial charge in [-0.1, -0.05) is 30.3 Å². The third-order valence-corrected chi connectivity index (χ3v) is 3.86. The number of hydrogen-bond acceptors (Lipinski definition) is 3. The van der Waals surface area contributed by atoms with E-state index < -0.39 is 0 Å². The molecule has 1 saturated heterocycles. The zero-order valence-electron chi connectivity index (χ0n) is 11.6. The van der Waals surface area contributed by atoms with Crippen molar-refractivity contribution in [3.63, 3.8) is 0 Å². The molecule has 2 rings (SSSR count). The maximum Gasteiger partial charge on any atom is 0.0641 e. The number of nitrogens with zero attached hydrogens (tertiary/aromatic N) is 2. The van der Waals surface area contributed by atoms with Crippen LogP contribution in [0.1, 0.15) is 30.9 Å². The molecule has 3 heteroatoms. The Morgan fingerprint density at radius 1 is 1.42 bits per heavy atom. The highest BCUT2D eigenvalue weighted by molar-refractivity contribution is 5.20. The van der Waals surface area contributed by atoms with Gasteiger partial charge in [-0.25, -0.2) is 0 Å². The van der Waals surface area contributed by atoms with Crippen LogP contribution in [0.25, 0.3) is 0 Å². The lowest BCUT2D eigenvalue weighted by molar-refractivity contribution is 0.0687. The molecule has 3 nitrogen and oxygen atoms in total. The summed E-state index contributed by atoms with van der Waals surface area (Å²) in [7, 11) is 1.77.